The molecule has 1 heterocycles. The van der Waals surface area contributed by atoms with Crippen LogP contribution in [0.2, 0.25) is 0 Å². The fraction of sp³-hybridized carbons (Fsp3) is 0.192. The first-order chi connectivity index (χ1) is 15.5. The smallest absolute Gasteiger partial charge is 0.326 e. The van der Waals surface area contributed by atoms with Crippen molar-refractivity contribution in [2.45, 2.75) is 24.9 Å². The molecule has 1 saturated heterocycles. The first-order valence-corrected chi connectivity index (χ1v) is 10.3. The maximum atomic E-state index is 13.4. The number of para-hydroxylation sites is 1. The summed E-state index contributed by atoms with van der Waals surface area (Å²) < 4.78 is 5.42. The molecule has 6 heteroatoms. The largest absolute Gasteiger partial charge is 0.496 e. The second kappa shape index (κ2) is 8.94. The second-order valence-corrected chi connectivity index (χ2v) is 7.67. The quantitative estimate of drug-likeness (QED) is 0.641. The first-order valence-electron chi connectivity index (χ1n) is 10.3. The number of likely N-dealkylation sites (tertiary alicyclic amines) is 1. The molecule has 160 valence electrons. The van der Waals surface area contributed by atoms with Crippen molar-refractivity contribution in [2.24, 2.45) is 0 Å². The number of carbonyl (C=O) groups is 2. The molecule has 3 aromatic rings. The van der Waals surface area contributed by atoms with Crippen molar-refractivity contribution < 1.29 is 19.4 Å². The molecule has 6 nitrogen and oxygen atoms in total. The predicted octanol–water partition coefficient (Wildman–Crippen LogP) is 4.66. The van der Waals surface area contributed by atoms with E-state index in [-0.39, 0.29) is 11.9 Å². The normalized spacial score (nSPS) is 17.6. The zero-order chi connectivity index (χ0) is 22.7. The van der Waals surface area contributed by atoms with Gasteiger partial charge in [-0.15, -0.1) is 0 Å². The van der Waals surface area contributed by atoms with Crippen LogP contribution in [-0.2, 0) is 4.79 Å². The molecular formula is C26H22N2O4. The van der Waals surface area contributed by atoms with Gasteiger partial charge in [-0.05, 0) is 54.3 Å². The van der Waals surface area contributed by atoms with Crippen LogP contribution >= 0.6 is 0 Å². The third-order valence-corrected chi connectivity index (χ3v) is 5.88. The Hall–Kier alpha value is -4.11. The van der Waals surface area contributed by atoms with Crippen LogP contribution in [0.25, 0.3) is 11.1 Å². The van der Waals surface area contributed by atoms with Crippen molar-refractivity contribution in [2.75, 3.05) is 7.11 Å². The summed E-state index contributed by atoms with van der Waals surface area (Å²) in [6.45, 7) is 0. The van der Waals surface area contributed by atoms with Crippen molar-refractivity contribution in [3.05, 3.63) is 89.5 Å². The van der Waals surface area contributed by atoms with E-state index in [1.54, 1.807) is 43.5 Å². The van der Waals surface area contributed by atoms with E-state index in [0.29, 0.717) is 24.0 Å². The Bertz CT molecular complexity index is 1180. The lowest BCUT2D eigenvalue weighted by Crippen LogP contribution is -2.41. The summed E-state index contributed by atoms with van der Waals surface area (Å²) >= 11 is 0. The highest BCUT2D eigenvalue weighted by molar-refractivity contribution is 5.97. The van der Waals surface area contributed by atoms with Crippen LogP contribution in [0.4, 0.5) is 0 Å². The number of hydrogen-bond acceptors (Lipinski definition) is 4. The van der Waals surface area contributed by atoms with Crippen LogP contribution < -0.4 is 4.74 Å². The summed E-state index contributed by atoms with van der Waals surface area (Å²) in [5, 5.41) is 18.8. The molecule has 1 amide bonds. The van der Waals surface area contributed by atoms with Gasteiger partial charge in [0.05, 0.1) is 24.8 Å². The van der Waals surface area contributed by atoms with E-state index in [9.17, 15) is 14.7 Å². The summed E-state index contributed by atoms with van der Waals surface area (Å²) in [4.78, 5) is 26.8. The van der Waals surface area contributed by atoms with Gasteiger partial charge in [0.25, 0.3) is 5.91 Å². The van der Waals surface area contributed by atoms with Crippen molar-refractivity contribution in [1.82, 2.24) is 4.90 Å². The molecule has 0 saturated carbocycles. The number of carboxylic acids is 1. The number of ether oxygens (including phenoxy) is 1. The Kier molecular flexibility index (Phi) is 5.91. The van der Waals surface area contributed by atoms with E-state index in [1.807, 2.05) is 36.4 Å². The average Bonchev–Trinajstić information content (AvgIpc) is 3.29. The molecule has 2 atom stereocenters. The van der Waals surface area contributed by atoms with Gasteiger partial charge in [0.15, 0.2) is 0 Å². The summed E-state index contributed by atoms with van der Waals surface area (Å²) in [5.41, 5.74) is 3.58. The van der Waals surface area contributed by atoms with Crippen molar-refractivity contribution >= 4 is 11.9 Å². The van der Waals surface area contributed by atoms with E-state index < -0.39 is 12.0 Å². The van der Waals surface area contributed by atoms with Crippen LogP contribution in [0.1, 0.15) is 40.4 Å². The Morgan fingerprint density at radius 1 is 1.00 bits per heavy atom. The van der Waals surface area contributed by atoms with E-state index in [0.717, 1.165) is 22.4 Å². The van der Waals surface area contributed by atoms with E-state index in [1.165, 1.54) is 4.90 Å². The number of benzene rings is 3. The molecule has 32 heavy (non-hydrogen) atoms. The molecule has 0 aliphatic carbocycles. The van der Waals surface area contributed by atoms with Gasteiger partial charge in [-0.3, -0.25) is 4.79 Å². The molecule has 1 N–H and O–H groups in total. The SMILES string of the molecule is COc1ccccc1-c1ccc(C(=O)N2C(c3ccc(C#N)cc3)CC[C@H]2C(=O)O)cc1. The van der Waals surface area contributed by atoms with Crippen molar-refractivity contribution in [3.63, 3.8) is 0 Å². The third-order valence-electron chi connectivity index (χ3n) is 5.88. The lowest BCUT2D eigenvalue weighted by Gasteiger charge is -2.29. The lowest BCUT2D eigenvalue weighted by atomic mass is 10.0. The van der Waals surface area contributed by atoms with Crippen LogP contribution in [0.15, 0.2) is 72.8 Å². The monoisotopic (exact) mass is 426 g/mol. The van der Waals surface area contributed by atoms with Gasteiger partial charge in [-0.25, -0.2) is 4.79 Å². The van der Waals surface area contributed by atoms with Crippen molar-refractivity contribution in [1.29, 1.82) is 5.26 Å². The van der Waals surface area contributed by atoms with Gasteiger partial charge in [0.2, 0.25) is 0 Å². The molecule has 3 aromatic carbocycles. The minimum Gasteiger partial charge on any atom is -0.496 e. The third kappa shape index (κ3) is 3.93. The van der Waals surface area contributed by atoms with Crippen LogP contribution in [0.3, 0.4) is 0 Å². The lowest BCUT2D eigenvalue weighted by molar-refractivity contribution is -0.141. The molecule has 0 aromatic heterocycles. The number of aliphatic carboxylic acids is 1. The topological polar surface area (TPSA) is 90.6 Å². The molecule has 4 rings (SSSR count). The zero-order valence-electron chi connectivity index (χ0n) is 17.6. The molecule has 1 aliphatic rings. The second-order valence-electron chi connectivity index (χ2n) is 7.67. The van der Waals surface area contributed by atoms with E-state index >= 15 is 0 Å². The molecule has 1 fully saturated rings. The van der Waals surface area contributed by atoms with E-state index in [2.05, 4.69) is 6.07 Å². The highest BCUT2D eigenvalue weighted by Gasteiger charge is 2.41. The summed E-state index contributed by atoms with van der Waals surface area (Å²) in [5.74, 6) is -0.603. The molecular weight excluding hydrogens is 404 g/mol. The highest BCUT2D eigenvalue weighted by atomic mass is 16.5. The number of rotatable bonds is 5. The number of amides is 1. The number of methoxy groups -OCH3 is 1. The highest BCUT2D eigenvalue weighted by Crippen LogP contribution is 2.38. The Labute approximate surface area is 186 Å². The van der Waals surface area contributed by atoms with Gasteiger partial charge in [-0.2, -0.15) is 5.26 Å². The Morgan fingerprint density at radius 3 is 2.31 bits per heavy atom. The van der Waals surface area contributed by atoms with Gasteiger partial charge in [-0.1, -0.05) is 42.5 Å². The Morgan fingerprint density at radius 2 is 1.69 bits per heavy atom. The maximum Gasteiger partial charge on any atom is 0.326 e. The minimum absolute atomic E-state index is 0.323. The number of carbonyl (C=O) groups excluding carboxylic acids is 1. The molecule has 1 aliphatic heterocycles. The van der Waals surface area contributed by atoms with Gasteiger partial charge < -0.3 is 14.7 Å². The number of nitriles is 1. The fourth-order valence-electron chi connectivity index (χ4n) is 4.27. The van der Waals surface area contributed by atoms with Gasteiger partial charge in [0.1, 0.15) is 11.8 Å². The summed E-state index contributed by atoms with van der Waals surface area (Å²) in [6.07, 6.45) is 0.930. The van der Waals surface area contributed by atoms with Crippen LogP contribution in [0, 0.1) is 11.3 Å². The Balaban J connectivity index is 1.65. The molecule has 0 spiro atoms. The van der Waals surface area contributed by atoms with Crippen LogP contribution in [-0.4, -0.2) is 35.0 Å². The average molecular weight is 426 g/mol. The predicted molar refractivity (Wildman–Crippen MR) is 119 cm³/mol. The van der Waals surface area contributed by atoms with Gasteiger partial charge in [0, 0.05) is 11.1 Å². The molecule has 0 radical (unpaired) electrons. The summed E-state index contributed by atoms with van der Waals surface area (Å²) in [6, 6.07) is 22.5. The maximum absolute atomic E-state index is 13.4. The van der Waals surface area contributed by atoms with Crippen molar-refractivity contribution in [3.8, 4) is 22.9 Å². The fourth-order valence-corrected chi connectivity index (χ4v) is 4.27. The number of carboxylic acid groups (broad SMARTS) is 1. The van der Waals surface area contributed by atoms with Crippen LogP contribution in [0.5, 0.6) is 5.75 Å². The zero-order valence-corrected chi connectivity index (χ0v) is 17.6. The number of hydrogen-bond donors (Lipinski definition) is 1. The van der Waals surface area contributed by atoms with E-state index in [4.69, 9.17) is 10.00 Å². The first kappa shape index (κ1) is 21.1. The molecule has 1 unspecified atom stereocenters. The van der Waals surface area contributed by atoms with Gasteiger partial charge >= 0.3 is 5.97 Å². The molecule has 0 bridgehead atoms. The summed E-state index contributed by atoms with van der Waals surface area (Å²) in [7, 11) is 1.61. The minimum atomic E-state index is -1.01. The number of nitrogens with zero attached hydrogens (tertiary/aromatic N) is 2. The standard InChI is InChI=1S/C26H22N2O4/c1-32-24-5-3-2-4-21(24)18-10-12-20(13-11-18)25(29)28-22(14-15-23(28)26(30)31)19-8-6-17(16-27)7-9-19/h2-13,22-23H,14-15H2,1H3,(H,30,31)/t22?,23-/m0/s1.